The fourth-order valence-corrected chi connectivity index (χ4v) is 1.91. The van der Waals surface area contributed by atoms with E-state index in [-0.39, 0.29) is 0 Å². The van der Waals surface area contributed by atoms with E-state index in [0.29, 0.717) is 0 Å². The minimum Gasteiger partial charge on any atom is -0.309 e. The molecule has 0 amide bonds. The monoisotopic (exact) mass is 219 g/mol. The third-order valence-electron chi connectivity index (χ3n) is 2.74. The molecule has 1 aromatic rings. The molecule has 1 heteroatoms. The fraction of sp³-hybridized carbons (Fsp3) is 0.600. The molecule has 0 radical (unpaired) electrons. The van der Waals surface area contributed by atoms with Crippen molar-refractivity contribution in [2.24, 2.45) is 5.92 Å². The zero-order chi connectivity index (χ0) is 12.0. The van der Waals surface area contributed by atoms with Crippen molar-refractivity contribution in [2.75, 3.05) is 20.6 Å². The summed E-state index contributed by atoms with van der Waals surface area (Å²) in [5, 5.41) is 0. The number of hydrogen-bond acceptors (Lipinski definition) is 1. The second-order valence-electron chi connectivity index (χ2n) is 5.32. The van der Waals surface area contributed by atoms with E-state index in [9.17, 15) is 0 Å². The van der Waals surface area contributed by atoms with Gasteiger partial charge in [0.2, 0.25) is 0 Å². The van der Waals surface area contributed by atoms with Gasteiger partial charge in [-0.1, -0.05) is 38.1 Å². The van der Waals surface area contributed by atoms with Crippen LogP contribution in [0.3, 0.4) is 0 Å². The summed E-state index contributed by atoms with van der Waals surface area (Å²) in [7, 11) is 4.26. The second kappa shape index (κ2) is 6.70. The largest absolute Gasteiger partial charge is 0.309 e. The Labute approximate surface area is 100 Å². The van der Waals surface area contributed by atoms with E-state index in [1.807, 2.05) is 0 Å². The molecule has 90 valence electrons. The smallest absolute Gasteiger partial charge is 0.00217 e. The predicted octanol–water partition coefficient (Wildman–Crippen LogP) is 3.38. The van der Waals surface area contributed by atoms with Crippen LogP contribution in [0.5, 0.6) is 0 Å². The molecule has 0 aliphatic heterocycles. The Hall–Kier alpha value is -0.820. The predicted molar refractivity (Wildman–Crippen MR) is 71.9 cm³/mol. The van der Waals surface area contributed by atoms with Crippen molar-refractivity contribution >= 4 is 0 Å². The molecule has 0 fully saturated rings. The first kappa shape index (κ1) is 13.2. The van der Waals surface area contributed by atoms with Gasteiger partial charge in [0.25, 0.3) is 0 Å². The molecule has 0 saturated heterocycles. The van der Waals surface area contributed by atoms with Gasteiger partial charge in [-0.05, 0) is 56.9 Å². The Kier molecular flexibility index (Phi) is 5.54. The Morgan fingerprint density at radius 1 is 1.00 bits per heavy atom. The highest BCUT2D eigenvalue weighted by Gasteiger charge is 1.98. The second-order valence-corrected chi connectivity index (χ2v) is 5.32. The van der Waals surface area contributed by atoms with Crippen molar-refractivity contribution in [2.45, 2.75) is 33.1 Å². The van der Waals surface area contributed by atoms with Crippen LogP contribution < -0.4 is 0 Å². The quantitative estimate of drug-likeness (QED) is 0.709. The van der Waals surface area contributed by atoms with Crippen LogP contribution in [0.2, 0.25) is 0 Å². The Morgan fingerprint density at radius 3 is 2.06 bits per heavy atom. The molecule has 16 heavy (non-hydrogen) atoms. The van der Waals surface area contributed by atoms with Crippen molar-refractivity contribution in [3.05, 3.63) is 35.4 Å². The Balaban J connectivity index is 2.39. The molecular formula is C15H25N. The molecule has 0 bridgehead atoms. The maximum Gasteiger partial charge on any atom is -0.00217 e. The van der Waals surface area contributed by atoms with Crippen LogP contribution in [-0.2, 0) is 12.8 Å². The number of nitrogens with zero attached hydrogens (tertiary/aromatic N) is 1. The topological polar surface area (TPSA) is 3.24 Å². The zero-order valence-corrected chi connectivity index (χ0v) is 11.2. The van der Waals surface area contributed by atoms with Crippen LogP contribution in [0, 0.1) is 5.92 Å². The van der Waals surface area contributed by atoms with Crippen molar-refractivity contribution < 1.29 is 0 Å². The van der Waals surface area contributed by atoms with E-state index >= 15 is 0 Å². The fourth-order valence-electron chi connectivity index (χ4n) is 1.91. The van der Waals surface area contributed by atoms with Gasteiger partial charge in [0.05, 0.1) is 0 Å². The van der Waals surface area contributed by atoms with Crippen molar-refractivity contribution in [3.8, 4) is 0 Å². The van der Waals surface area contributed by atoms with Crippen LogP contribution in [-0.4, -0.2) is 25.5 Å². The minimum absolute atomic E-state index is 0.750. The first-order valence-corrected chi connectivity index (χ1v) is 6.30. The number of aryl methyl sites for hydroxylation is 1. The van der Waals surface area contributed by atoms with Gasteiger partial charge >= 0.3 is 0 Å². The van der Waals surface area contributed by atoms with Crippen LogP contribution in [0.4, 0.5) is 0 Å². The number of rotatable bonds is 6. The van der Waals surface area contributed by atoms with Crippen LogP contribution in [0.15, 0.2) is 24.3 Å². The van der Waals surface area contributed by atoms with E-state index < -0.39 is 0 Å². The van der Waals surface area contributed by atoms with Crippen LogP contribution >= 0.6 is 0 Å². The highest BCUT2D eigenvalue weighted by molar-refractivity contribution is 5.22. The molecule has 0 aromatic heterocycles. The molecule has 0 unspecified atom stereocenters. The summed E-state index contributed by atoms with van der Waals surface area (Å²) in [6.45, 7) is 5.71. The highest BCUT2D eigenvalue weighted by Crippen LogP contribution is 2.11. The van der Waals surface area contributed by atoms with Gasteiger partial charge < -0.3 is 4.90 Å². The number of hydrogen-bond donors (Lipinski definition) is 0. The first-order valence-electron chi connectivity index (χ1n) is 6.30. The van der Waals surface area contributed by atoms with Gasteiger partial charge in [0.1, 0.15) is 0 Å². The van der Waals surface area contributed by atoms with E-state index in [2.05, 4.69) is 57.1 Å². The molecule has 0 atom stereocenters. The van der Waals surface area contributed by atoms with Gasteiger partial charge in [-0.2, -0.15) is 0 Å². The molecule has 0 aliphatic rings. The van der Waals surface area contributed by atoms with E-state index in [1.165, 1.54) is 36.9 Å². The lowest BCUT2D eigenvalue weighted by atomic mass is 10.0. The zero-order valence-electron chi connectivity index (χ0n) is 11.2. The molecule has 1 rings (SSSR count). The molecule has 1 nitrogen and oxygen atoms in total. The maximum atomic E-state index is 2.29. The average Bonchev–Trinajstić information content (AvgIpc) is 2.19. The average molecular weight is 219 g/mol. The first-order chi connectivity index (χ1) is 7.58. The summed E-state index contributed by atoms with van der Waals surface area (Å²) in [4.78, 5) is 2.24. The molecule has 0 heterocycles. The Morgan fingerprint density at radius 2 is 1.56 bits per heavy atom. The summed E-state index contributed by atoms with van der Waals surface area (Å²) in [6, 6.07) is 9.14. The molecular weight excluding hydrogens is 194 g/mol. The van der Waals surface area contributed by atoms with Crippen molar-refractivity contribution in [1.82, 2.24) is 4.90 Å². The van der Waals surface area contributed by atoms with Gasteiger partial charge in [0, 0.05) is 0 Å². The summed E-state index contributed by atoms with van der Waals surface area (Å²) < 4.78 is 0. The lowest BCUT2D eigenvalue weighted by molar-refractivity contribution is 0.400. The lowest BCUT2D eigenvalue weighted by Gasteiger charge is -2.09. The highest BCUT2D eigenvalue weighted by atomic mass is 15.0. The standard InChI is InChI=1S/C15H25N/c1-13(2)12-15-9-7-14(8-10-15)6-5-11-16(3)4/h7-10,13H,5-6,11-12H2,1-4H3. The summed E-state index contributed by atoms with van der Waals surface area (Å²) in [5.74, 6) is 0.750. The molecule has 0 N–H and O–H groups in total. The van der Waals surface area contributed by atoms with Crippen LogP contribution in [0.25, 0.3) is 0 Å². The normalized spacial score (nSPS) is 11.4. The van der Waals surface area contributed by atoms with Crippen molar-refractivity contribution in [1.29, 1.82) is 0 Å². The van der Waals surface area contributed by atoms with Gasteiger partial charge in [-0.15, -0.1) is 0 Å². The molecule has 1 aromatic carbocycles. The number of benzene rings is 1. The summed E-state index contributed by atoms with van der Waals surface area (Å²) in [5.41, 5.74) is 2.93. The minimum atomic E-state index is 0.750. The van der Waals surface area contributed by atoms with Gasteiger partial charge in [-0.25, -0.2) is 0 Å². The Bertz CT molecular complexity index is 285. The van der Waals surface area contributed by atoms with E-state index in [1.54, 1.807) is 0 Å². The molecule has 0 spiro atoms. The summed E-state index contributed by atoms with van der Waals surface area (Å²) in [6.07, 6.45) is 3.63. The molecule has 0 saturated carbocycles. The van der Waals surface area contributed by atoms with Crippen molar-refractivity contribution in [3.63, 3.8) is 0 Å². The SMILES string of the molecule is CC(C)Cc1ccc(CCCN(C)C)cc1. The van der Waals surface area contributed by atoms with Crippen LogP contribution in [0.1, 0.15) is 31.4 Å². The molecule has 0 aliphatic carbocycles. The van der Waals surface area contributed by atoms with E-state index in [4.69, 9.17) is 0 Å². The van der Waals surface area contributed by atoms with Gasteiger partial charge in [0.15, 0.2) is 0 Å². The summed E-state index contributed by atoms with van der Waals surface area (Å²) >= 11 is 0. The third kappa shape index (κ3) is 5.32. The van der Waals surface area contributed by atoms with E-state index in [0.717, 1.165) is 5.92 Å². The maximum absolute atomic E-state index is 2.29. The van der Waals surface area contributed by atoms with Gasteiger partial charge in [-0.3, -0.25) is 0 Å². The third-order valence-corrected chi connectivity index (χ3v) is 2.74. The lowest BCUT2D eigenvalue weighted by Crippen LogP contribution is -2.13.